The Morgan fingerprint density at radius 2 is 1.92 bits per heavy atom. The van der Waals surface area contributed by atoms with E-state index in [1.807, 2.05) is 38.1 Å². The van der Waals surface area contributed by atoms with Crippen molar-refractivity contribution in [1.29, 1.82) is 0 Å². The third kappa shape index (κ3) is 3.54. The van der Waals surface area contributed by atoms with Crippen molar-refractivity contribution >= 4 is 28.1 Å². The number of nitrogens with zero attached hydrogens (tertiary/aromatic N) is 1. The number of hydrogen-bond acceptors (Lipinski definition) is 4. The zero-order chi connectivity index (χ0) is 18.2. The minimum Gasteiger partial charge on any atom is -0.495 e. The molecule has 26 heavy (non-hydrogen) atoms. The monoisotopic (exact) mass is 396 g/mol. The smallest absolute Gasteiger partial charge is 0.268 e. The fourth-order valence-corrected chi connectivity index (χ4v) is 5.34. The zero-order valence-corrected chi connectivity index (χ0v) is 16.9. The van der Waals surface area contributed by atoms with E-state index in [0.29, 0.717) is 18.8 Å². The molecule has 1 aliphatic heterocycles. The normalized spacial score (nSPS) is 13.8. The van der Waals surface area contributed by atoms with Gasteiger partial charge >= 0.3 is 0 Å². The summed E-state index contributed by atoms with van der Waals surface area (Å²) in [6.07, 6.45) is 1.65. The van der Waals surface area contributed by atoms with E-state index < -0.39 is 10.0 Å². The van der Waals surface area contributed by atoms with Crippen LogP contribution in [-0.2, 0) is 23.0 Å². The van der Waals surface area contributed by atoms with Crippen molar-refractivity contribution < 1.29 is 13.2 Å². The molecule has 0 atom stereocenters. The van der Waals surface area contributed by atoms with Crippen LogP contribution < -0.4 is 14.8 Å². The van der Waals surface area contributed by atoms with Gasteiger partial charge < -0.3 is 10.5 Å². The lowest BCUT2D eigenvalue weighted by Crippen LogP contribution is -2.36. The van der Waals surface area contributed by atoms with Gasteiger partial charge in [0.1, 0.15) is 10.6 Å². The molecule has 2 aromatic rings. The molecule has 1 heterocycles. The van der Waals surface area contributed by atoms with Crippen LogP contribution in [0, 0.1) is 13.8 Å². The fourth-order valence-electron chi connectivity index (χ4n) is 3.48. The SMILES string of the molecule is COc1c(C)cc(C)cc1S(=O)(=O)N1CCCc2cc(CN)ccc21.Cl. The second-order valence-electron chi connectivity index (χ2n) is 6.46. The number of halogens is 1. The highest BCUT2D eigenvalue weighted by atomic mass is 35.5. The number of nitrogens with two attached hydrogens (primary N) is 1. The lowest BCUT2D eigenvalue weighted by atomic mass is 10.0. The van der Waals surface area contributed by atoms with Gasteiger partial charge in [-0.1, -0.05) is 18.2 Å². The van der Waals surface area contributed by atoms with Crippen molar-refractivity contribution in [2.24, 2.45) is 5.73 Å². The summed E-state index contributed by atoms with van der Waals surface area (Å²) in [5.41, 5.74) is 10.2. The molecule has 0 aliphatic carbocycles. The number of aryl methyl sites for hydroxylation is 3. The Balaban J connectivity index is 0.00000243. The number of rotatable bonds is 4. The minimum absolute atomic E-state index is 0. The molecule has 0 unspecified atom stereocenters. The maximum Gasteiger partial charge on any atom is 0.268 e. The van der Waals surface area contributed by atoms with Gasteiger partial charge in [-0.25, -0.2) is 8.42 Å². The molecule has 0 saturated heterocycles. The lowest BCUT2D eigenvalue weighted by molar-refractivity contribution is 0.399. The molecule has 0 spiro atoms. The van der Waals surface area contributed by atoms with E-state index in [1.165, 1.54) is 11.4 Å². The first kappa shape index (κ1) is 20.6. The molecule has 3 rings (SSSR count). The van der Waals surface area contributed by atoms with Gasteiger partial charge in [0.2, 0.25) is 0 Å². The van der Waals surface area contributed by atoms with Crippen molar-refractivity contribution in [2.75, 3.05) is 18.0 Å². The molecule has 7 heteroatoms. The number of hydrogen-bond donors (Lipinski definition) is 1. The van der Waals surface area contributed by atoms with Crippen molar-refractivity contribution in [3.63, 3.8) is 0 Å². The number of sulfonamides is 1. The van der Waals surface area contributed by atoms with Crippen molar-refractivity contribution in [3.8, 4) is 5.75 Å². The highest BCUT2D eigenvalue weighted by Crippen LogP contribution is 2.37. The van der Waals surface area contributed by atoms with Crippen molar-refractivity contribution in [2.45, 2.75) is 38.1 Å². The number of anilines is 1. The Labute approximate surface area is 161 Å². The van der Waals surface area contributed by atoms with Gasteiger partial charge in [0.25, 0.3) is 10.0 Å². The van der Waals surface area contributed by atoms with Crippen LogP contribution in [0.5, 0.6) is 5.75 Å². The molecule has 1 aliphatic rings. The first-order valence-corrected chi connectivity index (χ1v) is 9.82. The van der Waals surface area contributed by atoms with Crippen LogP contribution in [-0.4, -0.2) is 22.1 Å². The van der Waals surface area contributed by atoms with E-state index in [-0.39, 0.29) is 17.3 Å². The number of fused-ring (bicyclic) bond motifs is 1. The molecular formula is C19H25ClN2O3S. The van der Waals surface area contributed by atoms with E-state index >= 15 is 0 Å². The number of methoxy groups -OCH3 is 1. The topological polar surface area (TPSA) is 72.6 Å². The number of ether oxygens (including phenoxy) is 1. The summed E-state index contributed by atoms with van der Waals surface area (Å²) in [6, 6.07) is 9.38. The number of benzene rings is 2. The van der Waals surface area contributed by atoms with E-state index in [9.17, 15) is 8.42 Å². The summed E-state index contributed by atoms with van der Waals surface area (Å²) < 4.78 is 33.7. The van der Waals surface area contributed by atoms with E-state index in [2.05, 4.69) is 0 Å². The molecule has 0 saturated carbocycles. The summed E-state index contributed by atoms with van der Waals surface area (Å²) in [7, 11) is -2.20. The Bertz CT molecular complexity index is 913. The molecule has 0 bridgehead atoms. The van der Waals surface area contributed by atoms with E-state index in [1.54, 1.807) is 6.07 Å². The third-order valence-corrected chi connectivity index (χ3v) is 6.43. The molecule has 5 nitrogen and oxygen atoms in total. The second-order valence-corrected chi connectivity index (χ2v) is 8.29. The van der Waals surface area contributed by atoms with Crippen LogP contribution in [0.2, 0.25) is 0 Å². The fraction of sp³-hybridized carbons (Fsp3) is 0.368. The third-order valence-electron chi connectivity index (χ3n) is 4.61. The van der Waals surface area contributed by atoms with Gasteiger partial charge in [0, 0.05) is 13.1 Å². The predicted molar refractivity (Wildman–Crippen MR) is 107 cm³/mol. The average Bonchev–Trinajstić information content (AvgIpc) is 2.60. The van der Waals surface area contributed by atoms with Crippen molar-refractivity contribution in [3.05, 3.63) is 52.6 Å². The van der Waals surface area contributed by atoms with Gasteiger partial charge in [-0.15, -0.1) is 12.4 Å². The average molecular weight is 397 g/mol. The van der Waals surface area contributed by atoms with Gasteiger partial charge in [-0.05, 0) is 61.1 Å². The Morgan fingerprint density at radius 3 is 2.58 bits per heavy atom. The van der Waals surface area contributed by atoms with Crippen LogP contribution >= 0.6 is 12.4 Å². The van der Waals surface area contributed by atoms with E-state index in [0.717, 1.165) is 40.8 Å². The Kier molecular flexibility index (Phi) is 6.21. The quantitative estimate of drug-likeness (QED) is 0.860. The van der Waals surface area contributed by atoms with Gasteiger partial charge in [0.05, 0.1) is 12.8 Å². The lowest BCUT2D eigenvalue weighted by Gasteiger charge is -2.31. The summed E-state index contributed by atoms with van der Waals surface area (Å²) in [5, 5.41) is 0. The van der Waals surface area contributed by atoms with Crippen LogP contribution in [0.15, 0.2) is 35.2 Å². The summed E-state index contributed by atoms with van der Waals surface area (Å²) in [6.45, 7) is 4.67. The molecule has 0 aromatic heterocycles. The van der Waals surface area contributed by atoms with Crippen molar-refractivity contribution in [1.82, 2.24) is 0 Å². The maximum atomic E-state index is 13.4. The van der Waals surface area contributed by atoms with Crippen LogP contribution in [0.4, 0.5) is 5.69 Å². The summed E-state index contributed by atoms with van der Waals surface area (Å²) in [5.74, 6) is 0.413. The van der Waals surface area contributed by atoms with Gasteiger partial charge in [-0.2, -0.15) is 0 Å². The second kappa shape index (κ2) is 7.86. The molecule has 0 radical (unpaired) electrons. The maximum absolute atomic E-state index is 13.4. The zero-order valence-electron chi connectivity index (χ0n) is 15.3. The van der Waals surface area contributed by atoms with Crippen LogP contribution in [0.25, 0.3) is 0 Å². The first-order chi connectivity index (χ1) is 11.9. The van der Waals surface area contributed by atoms with Crippen LogP contribution in [0.3, 0.4) is 0 Å². The summed E-state index contributed by atoms with van der Waals surface area (Å²) >= 11 is 0. The Hall–Kier alpha value is -1.76. The molecule has 2 N–H and O–H groups in total. The summed E-state index contributed by atoms with van der Waals surface area (Å²) in [4.78, 5) is 0.225. The molecule has 2 aromatic carbocycles. The first-order valence-electron chi connectivity index (χ1n) is 8.38. The molecule has 0 amide bonds. The highest BCUT2D eigenvalue weighted by molar-refractivity contribution is 7.93. The van der Waals surface area contributed by atoms with E-state index in [4.69, 9.17) is 10.5 Å². The molecule has 0 fully saturated rings. The molecule has 142 valence electrons. The van der Waals surface area contributed by atoms with Gasteiger partial charge in [0.15, 0.2) is 0 Å². The minimum atomic E-state index is -3.71. The molecular weight excluding hydrogens is 372 g/mol. The van der Waals surface area contributed by atoms with Crippen LogP contribution in [0.1, 0.15) is 28.7 Å². The highest BCUT2D eigenvalue weighted by Gasteiger charge is 2.32. The van der Waals surface area contributed by atoms with Gasteiger partial charge in [-0.3, -0.25) is 4.31 Å². The standard InChI is InChI=1S/C19H24N2O3S.ClH/c1-13-9-14(2)19(24-3)18(10-13)25(22,23)21-8-4-5-16-11-15(12-20)6-7-17(16)21;/h6-7,9-11H,4-5,8,12,20H2,1-3H3;1H. The largest absolute Gasteiger partial charge is 0.495 e. The predicted octanol–water partition coefficient (Wildman–Crippen LogP) is 3.33. The Morgan fingerprint density at radius 1 is 1.19 bits per heavy atom.